The van der Waals surface area contributed by atoms with Gasteiger partial charge in [-0.05, 0) is 22.9 Å². The standard InChI is InChI=1S/C8H11N3O3/c1-6(5-12)10-7-2-3-8(9-4-7)11(13)14/h2-4,6,10,12H,5H2,1H3. The Morgan fingerprint density at radius 2 is 2.43 bits per heavy atom. The minimum absolute atomic E-state index is 0.00299. The molecule has 1 unspecified atom stereocenters. The highest BCUT2D eigenvalue weighted by atomic mass is 16.6. The van der Waals surface area contributed by atoms with Crippen molar-refractivity contribution >= 4 is 11.5 Å². The summed E-state index contributed by atoms with van der Waals surface area (Å²) >= 11 is 0. The molecule has 0 radical (unpaired) electrons. The average molecular weight is 197 g/mol. The number of hydrogen-bond acceptors (Lipinski definition) is 5. The van der Waals surface area contributed by atoms with Gasteiger partial charge in [0.2, 0.25) is 0 Å². The second-order valence-corrected chi connectivity index (χ2v) is 2.89. The van der Waals surface area contributed by atoms with Gasteiger partial charge in [0.25, 0.3) is 0 Å². The maximum Gasteiger partial charge on any atom is 0.363 e. The number of pyridine rings is 1. The second-order valence-electron chi connectivity index (χ2n) is 2.89. The summed E-state index contributed by atoms with van der Waals surface area (Å²) in [6, 6.07) is 2.77. The molecule has 0 saturated carbocycles. The van der Waals surface area contributed by atoms with E-state index in [9.17, 15) is 10.1 Å². The van der Waals surface area contributed by atoms with Crippen LogP contribution in [0.3, 0.4) is 0 Å². The summed E-state index contributed by atoms with van der Waals surface area (Å²) < 4.78 is 0. The number of aliphatic hydroxyl groups is 1. The Morgan fingerprint density at radius 1 is 1.71 bits per heavy atom. The quantitative estimate of drug-likeness (QED) is 0.550. The molecule has 6 nitrogen and oxygen atoms in total. The van der Waals surface area contributed by atoms with Gasteiger partial charge in [-0.25, -0.2) is 0 Å². The maximum absolute atomic E-state index is 10.3. The molecule has 0 aliphatic rings. The monoisotopic (exact) mass is 197 g/mol. The lowest BCUT2D eigenvalue weighted by atomic mass is 10.3. The molecule has 1 aromatic heterocycles. The molecule has 1 atom stereocenters. The Kier molecular flexibility index (Phi) is 3.35. The van der Waals surface area contributed by atoms with Crippen LogP contribution in [-0.4, -0.2) is 27.7 Å². The van der Waals surface area contributed by atoms with E-state index >= 15 is 0 Å². The van der Waals surface area contributed by atoms with Gasteiger partial charge in [0.05, 0.1) is 12.3 Å². The molecule has 0 aromatic carbocycles. The Hall–Kier alpha value is -1.69. The predicted octanol–water partition coefficient (Wildman–Crippen LogP) is 0.782. The fourth-order valence-corrected chi connectivity index (χ4v) is 0.910. The summed E-state index contributed by atoms with van der Waals surface area (Å²) in [5.74, 6) is -0.188. The van der Waals surface area contributed by atoms with Crippen LogP contribution in [0.25, 0.3) is 0 Å². The third kappa shape index (κ3) is 2.67. The van der Waals surface area contributed by atoms with Crippen molar-refractivity contribution in [2.45, 2.75) is 13.0 Å². The van der Waals surface area contributed by atoms with E-state index in [4.69, 9.17) is 5.11 Å². The number of nitrogens with one attached hydrogen (secondary N) is 1. The van der Waals surface area contributed by atoms with Crippen molar-refractivity contribution in [2.75, 3.05) is 11.9 Å². The number of aliphatic hydroxyl groups excluding tert-OH is 1. The first-order valence-corrected chi connectivity index (χ1v) is 4.11. The van der Waals surface area contributed by atoms with Gasteiger partial charge in [0, 0.05) is 12.1 Å². The first-order chi connectivity index (χ1) is 6.63. The zero-order chi connectivity index (χ0) is 10.6. The van der Waals surface area contributed by atoms with Crippen molar-refractivity contribution in [2.24, 2.45) is 0 Å². The summed E-state index contributed by atoms with van der Waals surface area (Å²) in [7, 11) is 0. The van der Waals surface area contributed by atoms with Gasteiger partial charge in [-0.2, -0.15) is 0 Å². The molecule has 0 amide bonds. The molecule has 76 valence electrons. The van der Waals surface area contributed by atoms with E-state index in [0.29, 0.717) is 5.69 Å². The largest absolute Gasteiger partial charge is 0.394 e. The maximum atomic E-state index is 10.3. The molecule has 0 aliphatic heterocycles. The van der Waals surface area contributed by atoms with E-state index in [0.717, 1.165) is 0 Å². The Morgan fingerprint density at radius 3 is 2.86 bits per heavy atom. The molecule has 0 saturated heterocycles. The van der Waals surface area contributed by atoms with Crippen molar-refractivity contribution in [3.8, 4) is 0 Å². The third-order valence-electron chi connectivity index (χ3n) is 1.62. The van der Waals surface area contributed by atoms with Crippen molar-refractivity contribution in [1.82, 2.24) is 4.98 Å². The Bertz CT molecular complexity index is 312. The summed E-state index contributed by atoms with van der Waals surface area (Å²) in [5.41, 5.74) is 0.650. The van der Waals surface area contributed by atoms with Gasteiger partial charge in [0.15, 0.2) is 6.20 Å². The van der Waals surface area contributed by atoms with Crippen LogP contribution < -0.4 is 5.32 Å². The number of anilines is 1. The molecule has 0 fully saturated rings. The highest BCUT2D eigenvalue weighted by Gasteiger charge is 2.07. The lowest BCUT2D eigenvalue weighted by molar-refractivity contribution is -0.389. The molecule has 0 spiro atoms. The molecule has 6 heteroatoms. The van der Waals surface area contributed by atoms with Crippen LogP contribution in [0.2, 0.25) is 0 Å². The van der Waals surface area contributed by atoms with Gasteiger partial charge in [-0.3, -0.25) is 0 Å². The van der Waals surface area contributed by atoms with Gasteiger partial charge in [-0.15, -0.1) is 0 Å². The van der Waals surface area contributed by atoms with E-state index in [1.807, 2.05) is 0 Å². The minimum Gasteiger partial charge on any atom is -0.394 e. The van der Waals surface area contributed by atoms with Crippen LogP contribution in [0.5, 0.6) is 0 Å². The number of hydrogen-bond donors (Lipinski definition) is 2. The predicted molar refractivity (Wildman–Crippen MR) is 51.1 cm³/mol. The summed E-state index contributed by atoms with van der Waals surface area (Å²) in [6.45, 7) is 1.79. The first-order valence-electron chi connectivity index (χ1n) is 4.11. The van der Waals surface area contributed by atoms with Crippen LogP contribution in [0.1, 0.15) is 6.92 Å². The average Bonchev–Trinajstić information content (AvgIpc) is 2.18. The lowest BCUT2D eigenvalue weighted by Gasteiger charge is -2.09. The normalized spacial score (nSPS) is 12.1. The van der Waals surface area contributed by atoms with Gasteiger partial charge < -0.3 is 20.5 Å². The van der Waals surface area contributed by atoms with Crippen molar-refractivity contribution in [3.63, 3.8) is 0 Å². The van der Waals surface area contributed by atoms with Gasteiger partial charge in [0.1, 0.15) is 0 Å². The summed E-state index contributed by atoms with van der Waals surface area (Å²) in [4.78, 5) is 13.3. The van der Waals surface area contributed by atoms with E-state index in [1.54, 1.807) is 13.0 Å². The molecule has 1 rings (SSSR count). The first kappa shape index (κ1) is 10.4. The number of rotatable bonds is 4. The number of aromatic nitrogens is 1. The number of nitro groups is 1. The van der Waals surface area contributed by atoms with E-state index < -0.39 is 4.92 Å². The van der Waals surface area contributed by atoms with E-state index in [2.05, 4.69) is 10.3 Å². The zero-order valence-corrected chi connectivity index (χ0v) is 7.67. The Labute approximate surface area is 80.7 Å². The molecule has 1 heterocycles. The third-order valence-corrected chi connectivity index (χ3v) is 1.62. The van der Waals surface area contributed by atoms with E-state index in [-0.39, 0.29) is 18.5 Å². The van der Waals surface area contributed by atoms with Crippen molar-refractivity contribution < 1.29 is 10.0 Å². The van der Waals surface area contributed by atoms with Crippen LogP contribution in [0, 0.1) is 10.1 Å². The van der Waals surface area contributed by atoms with Crippen LogP contribution in [-0.2, 0) is 0 Å². The topological polar surface area (TPSA) is 88.3 Å². The number of nitrogens with zero attached hydrogens (tertiary/aromatic N) is 2. The highest BCUT2D eigenvalue weighted by Crippen LogP contribution is 2.11. The fraction of sp³-hybridized carbons (Fsp3) is 0.375. The van der Waals surface area contributed by atoms with Gasteiger partial charge in [-0.1, -0.05) is 0 Å². The fourth-order valence-electron chi connectivity index (χ4n) is 0.910. The smallest absolute Gasteiger partial charge is 0.363 e. The SMILES string of the molecule is CC(CO)Nc1ccc([N+](=O)[O-])nc1. The zero-order valence-electron chi connectivity index (χ0n) is 7.67. The molecule has 2 N–H and O–H groups in total. The summed E-state index contributed by atoms with van der Waals surface area (Å²) in [5, 5.41) is 21.9. The minimum atomic E-state index is -0.556. The van der Waals surface area contributed by atoms with Crippen molar-refractivity contribution in [1.29, 1.82) is 0 Å². The van der Waals surface area contributed by atoms with Crippen LogP contribution in [0.4, 0.5) is 11.5 Å². The molecule has 14 heavy (non-hydrogen) atoms. The Balaban J connectivity index is 2.68. The van der Waals surface area contributed by atoms with Crippen LogP contribution >= 0.6 is 0 Å². The molecule has 0 aliphatic carbocycles. The second kappa shape index (κ2) is 4.52. The molecular formula is C8H11N3O3. The summed E-state index contributed by atoms with van der Waals surface area (Å²) in [6.07, 6.45) is 1.37. The lowest BCUT2D eigenvalue weighted by Crippen LogP contribution is -2.19. The van der Waals surface area contributed by atoms with E-state index in [1.165, 1.54) is 12.3 Å². The van der Waals surface area contributed by atoms with Gasteiger partial charge >= 0.3 is 5.82 Å². The molecular weight excluding hydrogens is 186 g/mol. The van der Waals surface area contributed by atoms with Crippen molar-refractivity contribution in [3.05, 3.63) is 28.4 Å². The van der Waals surface area contributed by atoms with Crippen LogP contribution in [0.15, 0.2) is 18.3 Å². The molecule has 1 aromatic rings. The highest BCUT2D eigenvalue weighted by molar-refractivity contribution is 5.44. The molecule has 0 bridgehead atoms.